The van der Waals surface area contributed by atoms with E-state index in [1.807, 2.05) is 0 Å². The normalized spacial score (nSPS) is 11.0. The number of carbonyl (C=O) groups excluding carboxylic acids is 3. The van der Waals surface area contributed by atoms with E-state index in [9.17, 15) is 18.9 Å². The maximum Gasteiger partial charge on any atom is 0.647 e. The van der Waals surface area contributed by atoms with E-state index >= 15 is 0 Å². The minimum atomic E-state index is -5.00. The Balaban J connectivity index is 2.11. The third kappa shape index (κ3) is 8.96. The van der Waals surface area contributed by atoms with Gasteiger partial charge in [0, 0.05) is 57.2 Å². The predicted molar refractivity (Wildman–Crippen MR) is 153 cm³/mol. The van der Waals surface area contributed by atoms with Crippen LogP contribution >= 0.6 is 77.4 Å². The summed E-state index contributed by atoms with van der Waals surface area (Å²) >= 11 is 37.6. The molecular formula is C24H15Cl6O10P. The minimum Gasteiger partial charge on any atom is -0.427 e. The molecule has 0 fully saturated rings. The highest BCUT2D eigenvalue weighted by atomic mass is 35.5. The van der Waals surface area contributed by atoms with Gasteiger partial charge in [0.2, 0.25) is 0 Å². The molecule has 0 bridgehead atoms. The monoisotopic (exact) mass is 704 g/mol. The molecule has 0 amide bonds. The van der Waals surface area contributed by atoms with Gasteiger partial charge in [-0.1, -0.05) is 69.6 Å². The highest BCUT2D eigenvalue weighted by Crippen LogP contribution is 2.57. The Kier molecular flexibility index (Phi) is 10.9. The number of carbonyl (C=O) groups is 3. The zero-order chi connectivity index (χ0) is 30.6. The first kappa shape index (κ1) is 32.9. The quantitative estimate of drug-likeness (QED) is 0.121. The highest BCUT2D eigenvalue weighted by molar-refractivity contribution is 7.49. The second-order valence-corrected chi connectivity index (χ2v) is 11.5. The summed E-state index contributed by atoms with van der Waals surface area (Å²) in [5.74, 6) is -3.41. The summed E-state index contributed by atoms with van der Waals surface area (Å²) < 4.78 is 45.6. The van der Waals surface area contributed by atoms with Crippen molar-refractivity contribution in [3.63, 3.8) is 0 Å². The molecule has 0 aliphatic heterocycles. The van der Waals surface area contributed by atoms with Gasteiger partial charge in [-0.3, -0.25) is 14.4 Å². The molecule has 0 heterocycles. The Labute approximate surface area is 262 Å². The molecule has 0 N–H and O–H groups in total. The van der Waals surface area contributed by atoms with Gasteiger partial charge in [-0.25, -0.2) is 0 Å². The predicted octanol–water partition coefficient (Wildman–Crippen LogP) is 9.03. The standard InChI is InChI=1S/C24H15Cl6O10P/c1-10(31)35-13-4-16(25)22(17(26)5-13)38-41(34,39-23-18(27)6-14(7-19(23)28)36-11(2)32)40-24-20(29)8-15(9-21(24)30)37-12(3)33/h4-9H,1-3H3. The van der Waals surface area contributed by atoms with Crippen LogP contribution in [0.5, 0.6) is 34.5 Å². The Morgan fingerprint density at radius 1 is 0.488 bits per heavy atom. The van der Waals surface area contributed by atoms with Gasteiger partial charge in [0.05, 0.1) is 30.1 Å². The number of ether oxygens (including phenoxy) is 3. The Bertz CT molecular complexity index is 1340. The molecule has 0 saturated heterocycles. The van der Waals surface area contributed by atoms with Gasteiger partial charge in [-0.2, -0.15) is 4.57 Å². The lowest BCUT2D eigenvalue weighted by molar-refractivity contribution is -0.132. The molecule has 3 rings (SSSR count). The summed E-state index contributed by atoms with van der Waals surface area (Å²) in [6.07, 6.45) is 0. The number of hydrogen-bond acceptors (Lipinski definition) is 10. The fourth-order valence-corrected chi connectivity index (χ4v) is 6.27. The summed E-state index contributed by atoms with van der Waals surface area (Å²) in [7, 11) is -5.00. The number of halogens is 6. The molecule has 0 saturated carbocycles. The van der Waals surface area contributed by atoms with Crippen LogP contribution in [0.2, 0.25) is 30.1 Å². The number of phosphoric ester groups is 1. The average Bonchev–Trinajstić information content (AvgIpc) is 2.80. The third-order valence-corrected chi connectivity index (χ3v) is 7.21. The Hall–Kier alpha value is -2.56. The van der Waals surface area contributed by atoms with Crippen LogP contribution in [0.15, 0.2) is 36.4 Å². The van der Waals surface area contributed by atoms with E-state index in [4.69, 9.17) is 97.4 Å². The van der Waals surface area contributed by atoms with Crippen LogP contribution in [0.1, 0.15) is 20.8 Å². The van der Waals surface area contributed by atoms with Crippen LogP contribution in [-0.4, -0.2) is 17.9 Å². The fraction of sp³-hybridized carbons (Fsp3) is 0.125. The van der Waals surface area contributed by atoms with Crippen molar-refractivity contribution in [2.45, 2.75) is 20.8 Å². The van der Waals surface area contributed by atoms with Crippen LogP contribution in [0.25, 0.3) is 0 Å². The van der Waals surface area contributed by atoms with Crippen molar-refractivity contribution in [2.75, 3.05) is 0 Å². The van der Waals surface area contributed by atoms with E-state index in [0.717, 1.165) is 57.2 Å². The maximum atomic E-state index is 14.1. The second kappa shape index (κ2) is 13.6. The molecule has 0 atom stereocenters. The van der Waals surface area contributed by atoms with Gasteiger partial charge in [0.1, 0.15) is 17.2 Å². The topological polar surface area (TPSA) is 124 Å². The lowest BCUT2D eigenvalue weighted by Crippen LogP contribution is -2.10. The van der Waals surface area contributed by atoms with Gasteiger partial charge >= 0.3 is 25.7 Å². The number of esters is 3. The number of benzene rings is 3. The van der Waals surface area contributed by atoms with Crippen molar-refractivity contribution in [3.05, 3.63) is 66.5 Å². The summed E-state index contributed by atoms with van der Waals surface area (Å²) in [4.78, 5) is 34.0. The number of hydrogen-bond donors (Lipinski definition) is 0. The lowest BCUT2D eigenvalue weighted by atomic mass is 10.3. The van der Waals surface area contributed by atoms with Gasteiger partial charge in [-0.05, 0) is 0 Å². The number of rotatable bonds is 9. The molecule has 3 aromatic carbocycles. The lowest BCUT2D eigenvalue weighted by Gasteiger charge is -2.23. The molecule has 10 nitrogen and oxygen atoms in total. The highest BCUT2D eigenvalue weighted by Gasteiger charge is 2.38. The van der Waals surface area contributed by atoms with Crippen molar-refractivity contribution in [2.24, 2.45) is 0 Å². The average molecular weight is 707 g/mol. The molecule has 3 aromatic rings. The molecule has 0 aliphatic carbocycles. The summed E-state index contributed by atoms with van der Waals surface area (Å²) in [6, 6.07) is 6.89. The molecule has 41 heavy (non-hydrogen) atoms. The Morgan fingerprint density at radius 2 is 0.683 bits per heavy atom. The zero-order valence-corrected chi connectivity index (χ0v) is 26.2. The van der Waals surface area contributed by atoms with E-state index in [1.165, 1.54) is 0 Å². The van der Waals surface area contributed by atoms with Gasteiger partial charge in [-0.15, -0.1) is 0 Å². The minimum absolute atomic E-state index is 0.0455. The van der Waals surface area contributed by atoms with Crippen molar-refractivity contribution in [1.29, 1.82) is 0 Å². The SMILES string of the molecule is CC(=O)Oc1cc(Cl)c(OP(=O)(Oc2c(Cl)cc(OC(C)=O)cc2Cl)Oc2c(Cl)cc(OC(C)=O)cc2Cl)c(Cl)c1. The Morgan fingerprint density at radius 3 is 0.854 bits per heavy atom. The zero-order valence-electron chi connectivity index (χ0n) is 20.8. The largest absolute Gasteiger partial charge is 0.647 e. The molecular weight excluding hydrogens is 692 g/mol. The summed E-state index contributed by atoms with van der Waals surface area (Å²) in [5, 5.41) is -1.63. The molecule has 0 unspecified atom stereocenters. The molecule has 0 radical (unpaired) electrons. The van der Waals surface area contributed by atoms with Crippen LogP contribution in [-0.2, 0) is 18.9 Å². The third-order valence-electron chi connectivity index (χ3n) is 4.31. The van der Waals surface area contributed by atoms with Crippen molar-refractivity contribution in [3.8, 4) is 34.5 Å². The van der Waals surface area contributed by atoms with Gasteiger partial charge < -0.3 is 27.8 Å². The van der Waals surface area contributed by atoms with E-state index < -0.39 is 43.0 Å². The van der Waals surface area contributed by atoms with Crippen molar-refractivity contribution >= 4 is 95.3 Å². The first-order valence-electron chi connectivity index (χ1n) is 10.8. The first-order chi connectivity index (χ1) is 19.1. The molecule has 218 valence electrons. The van der Waals surface area contributed by atoms with Crippen LogP contribution in [0, 0.1) is 0 Å². The smallest absolute Gasteiger partial charge is 0.427 e. The molecule has 0 spiro atoms. The fourth-order valence-electron chi connectivity index (χ4n) is 2.94. The van der Waals surface area contributed by atoms with E-state index in [0.29, 0.717) is 0 Å². The van der Waals surface area contributed by atoms with Crippen LogP contribution in [0.4, 0.5) is 0 Å². The van der Waals surface area contributed by atoms with E-state index in [2.05, 4.69) is 0 Å². The summed E-state index contributed by atoms with van der Waals surface area (Å²) in [5.41, 5.74) is 0. The van der Waals surface area contributed by atoms with Crippen LogP contribution in [0.3, 0.4) is 0 Å². The van der Waals surface area contributed by atoms with Gasteiger partial charge in [0.25, 0.3) is 0 Å². The van der Waals surface area contributed by atoms with E-state index in [-0.39, 0.29) is 47.4 Å². The van der Waals surface area contributed by atoms with Gasteiger partial charge in [0.15, 0.2) is 17.2 Å². The molecule has 17 heteroatoms. The first-order valence-corrected chi connectivity index (χ1v) is 14.5. The van der Waals surface area contributed by atoms with E-state index in [1.54, 1.807) is 0 Å². The number of phosphoric acid groups is 1. The molecule has 0 aromatic heterocycles. The van der Waals surface area contributed by atoms with Crippen molar-refractivity contribution in [1.82, 2.24) is 0 Å². The second-order valence-electron chi connectivity index (χ2n) is 7.65. The van der Waals surface area contributed by atoms with Crippen molar-refractivity contribution < 1.29 is 46.7 Å². The summed E-state index contributed by atoms with van der Waals surface area (Å²) in [6.45, 7) is 3.47. The maximum absolute atomic E-state index is 14.1. The van der Waals surface area contributed by atoms with Crippen LogP contribution < -0.4 is 27.8 Å². The molecule has 0 aliphatic rings.